The Labute approximate surface area is 163 Å². The van der Waals surface area contributed by atoms with Crippen molar-refractivity contribution in [3.8, 4) is 0 Å². The molecule has 0 aromatic heterocycles. The zero-order valence-corrected chi connectivity index (χ0v) is 15.8. The third-order valence-corrected chi connectivity index (χ3v) is 4.82. The van der Waals surface area contributed by atoms with Crippen LogP contribution in [0.1, 0.15) is 18.4 Å². The van der Waals surface area contributed by atoms with Crippen molar-refractivity contribution in [2.24, 2.45) is 0 Å². The number of ether oxygens (including phenoxy) is 1. The Kier molecular flexibility index (Phi) is 6.19. The molecule has 27 heavy (non-hydrogen) atoms. The number of halogens is 1. The van der Waals surface area contributed by atoms with E-state index >= 15 is 0 Å². The van der Waals surface area contributed by atoms with Gasteiger partial charge in [-0.2, -0.15) is 0 Å². The summed E-state index contributed by atoms with van der Waals surface area (Å²) >= 11 is 6.26. The Hall–Kier alpha value is -2.73. The number of rotatable bonds is 5. The van der Waals surface area contributed by atoms with Crippen molar-refractivity contribution in [1.29, 1.82) is 0 Å². The summed E-state index contributed by atoms with van der Waals surface area (Å²) in [6.45, 7) is 1.05. The Morgan fingerprint density at radius 2 is 1.96 bits per heavy atom. The van der Waals surface area contributed by atoms with Gasteiger partial charge in [0.25, 0.3) is 0 Å². The molecule has 0 saturated carbocycles. The topological polar surface area (TPSA) is 70.7 Å². The molecule has 0 spiro atoms. The number of hydrogen-bond donors (Lipinski definition) is 2. The maximum atomic E-state index is 12.9. The fourth-order valence-corrected chi connectivity index (χ4v) is 3.32. The SMILES string of the molecule is COC(=O)NCc1ccc(NC2CCCN(c3ccccc3Cl)C2=O)cc1. The summed E-state index contributed by atoms with van der Waals surface area (Å²) in [7, 11) is 1.33. The predicted molar refractivity (Wildman–Crippen MR) is 106 cm³/mol. The first-order chi connectivity index (χ1) is 13.1. The lowest BCUT2D eigenvalue weighted by Gasteiger charge is -2.33. The van der Waals surface area contributed by atoms with Crippen LogP contribution < -0.4 is 15.5 Å². The molecule has 1 heterocycles. The van der Waals surface area contributed by atoms with E-state index in [1.165, 1.54) is 7.11 Å². The van der Waals surface area contributed by atoms with Crippen molar-refractivity contribution < 1.29 is 14.3 Å². The van der Waals surface area contributed by atoms with Crippen molar-refractivity contribution >= 4 is 35.0 Å². The Balaban J connectivity index is 1.64. The van der Waals surface area contributed by atoms with E-state index in [2.05, 4.69) is 15.4 Å². The van der Waals surface area contributed by atoms with E-state index in [0.717, 1.165) is 29.8 Å². The normalized spacial score (nSPS) is 16.7. The second kappa shape index (κ2) is 8.77. The average molecular weight is 388 g/mol. The van der Waals surface area contributed by atoms with Crippen molar-refractivity contribution in [2.75, 3.05) is 23.9 Å². The quantitative estimate of drug-likeness (QED) is 0.818. The van der Waals surface area contributed by atoms with Crippen LogP contribution in [0.4, 0.5) is 16.2 Å². The van der Waals surface area contributed by atoms with Crippen LogP contribution in [0.15, 0.2) is 48.5 Å². The van der Waals surface area contributed by atoms with Crippen molar-refractivity contribution in [3.05, 3.63) is 59.1 Å². The monoisotopic (exact) mass is 387 g/mol. The molecule has 0 bridgehead atoms. The number of carbonyl (C=O) groups excluding carboxylic acids is 2. The van der Waals surface area contributed by atoms with E-state index in [4.69, 9.17) is 11.6 Å². The number of nitrogens with one attached hydrogen (secondary N) is 2. The van der Waals surface area contributed by atoms with Gasteiger partial charge in [-0.1, -0.05) is 35.9 Å². The van der Waals surface area contributed by atoms with Crippen LogP contribution in [0.25, 0.3) is 0 Å². The third-order valence-electron chi connectivity index (χ3n) is 4.50. The van der Waals surface area contributed by atoms with Crippen LogP contribution in [0.2, 0.25) is 5.02 Å². The molecule has 142 valence electrons. The predicted octanol–water partition coefficient (Wildman–Crippen LogP) is 3.80. The van der Waals surface area contributed by atoms with Crippen LogP contribution in [0, 0.1) is 0 Å². The van der Waals surface area contributed by atoms with E-state index in [0.29, 0.717) is 18.1 Å². The summed E-state index contributed by atoms with van der Waals surface area (Å²) < 4.78 is 4.55. The fourth-order valence-electron chi connectivity index (χ4n) is 3.09. The first kappa shape index (κ1) is 19.0. The molecule has 0 aliphatic carbocycles. The molecule has 1 aliphatic rings. The van der Waals surface area contributed by atoms with Crippen LogP contribution in [0.5, 0.6) is 0 Å². The van der Waals surface area contributed by atoms with Gasteiger partial charge in [0.1, 0.15) is 6.04 Å². The summed E-state index contributed by atoms with van der Waals surface area (Å²) in [6, 6.07) is 14.7. The lowest BCUT2D eigenvalue weighted by Crippen LogP contribution is -2.47. The zero-order valence-electron chi connectivity index (χ0n) is 15.1. The number of para-hydroxylation sites is 1. The van der Waals surface area contributed by atoms with Crippen molar-refractivity contribution in [3.63, 3.8) is 0 Å². The maximum absolute atomic E-state index is 12.9. The second-order valence-electron chi connectivity index (χ2n) is 6.32. The number of piperidine rings is 1. The lowest BCUT2D eigenvalue weighted by molar-refractivity contribution is -0.120. The molecule has 1 fully saturated rings. The van der Waals surface area contributed by atoms with Gasteiger partial charge in [-0.15, -0.1) is 0 Å². The molecule has 2 amide bonds. The minimum atomic E-state index is -0.468. The average Bonchev–Trinajstić information content (AvgIpc) is 2.69. The number of nitrogens with zero attached hydrogens (tertiary/aromatic N) is 1. The molecular weight excluding hydrogens is 366 g/mol. The fraction of sp³-hybridized carbons (Fsp3) is 0.300. The summed E-state index contributed by atoms with van der Waals surface area (Å²) in [4.78, 5) is 25.8. The minimum absolute atomic E-state index is 0.0192. The molecule has 3 rings (SSSR count). The van der Waals surface area contributed by atoms with Crippen molar-refractivity contribution in [1.82, 2.24) is 5.32 Å². The highest BCUT2D eigenvalue weighted by atomic mass is 35.5. The van der Waals surface area contributed by atoms with Crippen LogP contribution in [-0.2, 0) is 16.1 Å². The van der Waals surface area contributed by atoms with Gasteiger partial charge in [-0.05, 0) is 42.7 Å². The Morgan fingerprint density at radius 1 is 1.22 bits per heavy atom. The van der Waals surface area contributed by atoms with Gasteiger partial charge in [0.2, 0.25) is 5.91 Å². The van der Waals surface area contributed by atoms with Gasteiger partial charge in [0, 0.05) is 18.8 Å². The van der Waals surface area contributed by atoms with E-state index in [-0.39, 0.29) is 11.9 Å². The van der Waals surface area contributed by atoms with Gasteiger partial charge in [0.15, 0.2) is 0 Å². The number of carbonyl (C=O) groups is 2. The lowest BCUT2D eigenvalue weighted by atomic mass is 10.0. The standard InChI is InChI=1S/C20H22ClN3O3/c1-27-20(26)22-13-14-8-10-15(11-9-14)23-17-6-4-12-24(19(17)25)18-7-3-2-5-16(18)21/h2-3,5,7-11,17,23H,4,6,12-13H2,1H3,(H,22,26). The summed E-state index contributed by atoms with van der Waals surface area (Å²) in [5, 5.41) is 6.52. The van der Waals surface area contributed by atoms with Gasteiger partial charge < -0.3 is 20.3 Å². The van der Waals surface area contributed by atoms with E-state index in [9.17, 15) is 9.59 Å². The summed E-state index contributed by atoms with van der Waals surface area (Å²) in [5.41, 5.74) is 2.55. The van der Waals surface area contributed by atoms with Gasteiger partial charge in [-0.25, -0.2) is 4.79 Å². The molecule has 1 atom stereocenters. The van der Waals surface area contributed by atoms with E-state index in [1.54, 1.807) is 11.0 Å². The molecule has 1 saturated heterocycles. The highest BCUT2D eigenvalue weighted by Crippen LogP contribution is 2.29. The van der Waals surface area contributed by atoms with Gasteiger partial charge in [0.05, 0.1) is 17.8 Å². The third kappa shape index (κ3) is 4.71. The first-order valence-electron chi connectivity index (χ1n) is 8.81. The molecule has 0 radical (unpaired) electrons. The van der Waals surface area contributed by atoms with Gasteiger partial charge >= 0.3 is 6.09 Å². The number of hydrogen-bond acceptors (Lipinski definition) is 4. The highest BCUT2D eigenvalue weighted by Gasteiger charge is 2.30. The molecule has 2 aromatic carbocycles. The number of benzene rings is 2. The molecule has 1 unspecified atom stereocenters. The number of amides is 2. The largest absolute Gasteiger partial charge is 0.453 e. The van der Waals surface area contributed by atoms with E-state index < -0.39 is 6.09 Å². The molecular formula is C20H22ClN3O3. The van der Waals surface area contributed by atoms with Gasteiger partial charge in [-0.3, -0.25) is 4.79 Å². The molecule has 2 aromatic rings. The molecule has 1 aliphatic heterocycles. The smallest absolute Gasteiger partial charge is 0.407 e. The molecule has 2 N–H and O–H groups in total. The van der Waals surface area contributed by atoms with Crippen molar-refractivity contribution in [2.45, 2.75) is 25.4 Å². The molecule has 6 nitrogen and oxygen atoms in total. The van der Waals surface area contributed by atoms with Crippen LogP contribution in [0.3, 0.4) is 0 Å². The number of alkyl carbamates (subject to hydrolysis) is 1. The second-order valence-corrected chi connectivity index (χ2v) is 6.73. The Morgan fingerprint density at radius 3 is 2.67 bits per heavy atom. The minimum Gasteiger partial charge on any atom is -0.453 e. The maximum Gasteiger partial charge on any atom is 0.407 e. The Bertz CT molecular complexity index is 810. The van der Waals surface area contributed by atoms with E-state index in [1.807, 2.05) is 42.5 Å². The number of anilines is 2. The highest BCUT2D eigenvalue weighted by molar-refractivity contribution is 6.33. The van der Waals surface area contributed by atoms with Crippen LogP contribution in [-0.4, -0.2) is 31.7 Å². The zero-order chi connectivity index (χ0) is 19.2. The number of methoxy groups -OCH3 is 1. The summed E-state index contributed by atoms with van der Waals surface area (Å²) in [5.74, 6) is 0.0192. The first-order valence-corrected chi connectivity index (χ1v) is 9.19. The molecule has 7 heteroatoms. The summed E-state index contributed by atoms with van der Waals surface area (Å²) in [6.07, 6.45) is 1.20. The van der Waals surface area contributed by atoms with Crippen LogP contribution >= 0.6 is 11.6 Å².